The summed E-state index contributed by atoms with van der Waals surface area (Å²) in [4.78, 5) is 9.49. The van der Waals surface area contributed by atoms with Gasteiger partial charge in [0.2, 0.25) is 5.95 Å². The number of aryl methyl sites for hydroxylation is 1. The monoisotopic (exact) mass is 265 g/mol. The van der Waals surface area contributed by atoms with E-state index < -0.39 is 0 Å². The van der Waals surface area contributed by atoms with Crippen molar-refractivity contribution in [2.45, 2.75) is 16.8 Å². The van der Waals surface area contributed by atoms with Crippen molar-refractivity contribution in [2.75, 3.05) is 12.4 Å². The first-order chi connectivity index (χ1) is 8.19. The van der Waals surface area contributed by atoms with Crippen LogP contribution in [0.2, 0.25) is 5.02 Å². The summed E-state index contributed by atoms with van der Waals surface area (Å²) in [7, 11) is 1.78. The molecule has 0 bridgehead atoms. The van der Waals surface area contributed by atoms with Crippen molar-refractivity contribution in [3.8, 4) is 0 Å². The summed E-state index contributed by atoms with van der Waals surface area (Å²) in [6.07, 6.45) is 1.61. The van der Waals surface area contributed by atoms with E-state index in [0.717, 1.165) is 9.92 Å². The molecule has 1 heterocycles. The summed E-state index contributed by atoms with van der Waals surface area (Å²) in [6.45, 7) is 2.06. The molecule has 0 amide bonds. The van der Waals surface area contributed by atoms with E-state index in [9.17, 15) is 0 Å². The number of anilines is 1. The second-order valence-corrected chi connectivity index (χ2v) is 4.98. The van der Waals surface area contributed by atoms with E-state index in [1.807, 2.05) is 12.1 Å². The standard InChI is InChI=1S/C12H12ClN3S/c1-8-4-3-5-9(6-8)17-11-10(13)7-15-12(14-2)16-11/h3-7H,1-2H3,(H,14,15,16). The predicted molar refractivity (Wildman–Crippen MR) is 71.9 cm³/mol. The average Bonchev–Trinajstić information content (AvgIpc) is 2.32. The van der Waals surface area contributed by atoms with Crippen LogP contribution in [0.25, 0.3) is 0 Å². The molecule has 0 unspecified atom stereocenters. The molecule has 0 fully saturated rings. The van der Waals surface area contributed by atoms with Crippen molar-refractivity contribution in [2.24, 2.45) is 0 Å². The molecule has 0 aliphatic rings. The van der Waals surface area contributed by atoms with Gasteiger partial charge in [-0.25, -0.2) is 9.97 Å². The number of rotatable bonds is 3. The molecule has 17 heavy (non-hydrogen) atoms. The average molecular weight is 266 g/mol. The summed E-state index contributed by atoms with van der Waals surface area (Å²) in [5.74, 6) is 0.574. The van der Waals surface area contributed by atoms with E-state index in [0.29, 0.717) is 11.0 Å². The lowest BCUT2D eigenvalue weighted by Gasteiger charge is -2.05. The summed E-state index contributed by atoms with van der Waals surface area (Å²) in [6, 6.07) is 8.22. The van der Waals surface area contributed by atoms with Gasteiger partial charge in [0.05, 0.1) is 11.2 Å². The number of hydrogen-bond donors (Lipinski definition) is 1. The Morgan fingerprint density at radius 2 is 2.18 bits per heavy atom. The molecule has 0 aliphatic carbocycles. The SMILES string of the molecule is CNc1ncc(Cl)c(Sc2cccc(C)c2)n1. The molecule has 0 radical (unpaired) electrons. The van der Waals surface area contributed by atoms with Gasteiger partial charge in [-0.2, -0.15) is 0 Å². The van der Waals surface area contributed by atoms with Gasteiger partial charge in [0.1, 0.15) is 5.03 Å². The Labute approximate surface area is 110 Å². The maximum atomic E-state index is 6.07. The molecule has 0 spiro atoms. The fraction of sp³-hybridized carbons (Fsp3) is 0.167. The number of benzene rings is 1. The number of halogens is 1. The maximum Gasteiger partial charge on any atom is 0.223 e. The smallest absolute Gasteiger partial charge is 0.223 e. The fourth-order valence-corrected chi connectivity index (χ4v) is 2.44. The second kappa shape index (κ2) is 5.38. The third kappa shape index (κ3) is 3.11. The Hall–Kier alpha value is -1.26. The van der Waals surface area contributed by atoms with Gasteiger partial charge in [-0.15, -0.1) is 0 Å². The van der Waals surface area contributed by atoms with E-state index >= 15 is 0 Å². The van der Waals surface area contributed by atoms with Gasteiger partial charge in [0.25, 0.3) is 0 Å². The van der Waals surface area contributed by atoms with E-state index in [4.69, 9.17) is 11.6 Å². The van der Waals surface area contributed by atoms with E-state index in [-0.39, 0.29) is 0 Å². The van der Waals surface area contributed by atoms with Crippen LogP contribution in [-0.4, -0.2) is 17.0 Å². The molecule has 0 aliphatic heterocycles. The Balaban J connectivity index is 2.29. The van der Waals surface area contributed by atoms with Crippen LogP contribution in [0.1, 0.15) is 5.56 Å². The zero-order valence-electron chi connectivity index (χ0n) is 9.57. The zero-order valence-corrected chi connectivity index (χ0v) is 11.1. The number of nitrogens with zero attached hydrogens (tertiary/aromatic N) is 2. The lowest BCUT2D eigenvalue weighted by molar-refractivity contribution is 1.05. The van der Waals surface area contributed by atoms with Crippen LogP contribution in [-0.2, 0) is 0 Å². The topological polar surface area (TPSA) is 37.8 Å². The third-order valence-electron chi connectivity index (χ3n) is 2.14. The van der Waals surface area contributed by atoms with E-state index in [2.05, 4.69) is 34.3 Å². The highest BCUT2D eigenvalue weighted by Gasteiger charge is 2.06. The summed E-state index contributed by atoms with van der Waals surface area (Å²) in [5.41, 5.74) is 1.22. The summed E-state index contributed by atoms with van der Waals surface area (Å²) >= 11 is 7.60. The largest absolute Gasteiger partial charge is 0.357 e. The second-order valence-electron chi connectivity index (χ2n) is 3.52. The fourth-order valence-electron chi connectivity index (χ4n) is 1.33. The lowest BCUT2D eigenvalue weighted by Crippen LogP contribution is -1.96. The normalized spacial score (nSPS) is 10.3. The van der Waals surface area contributed by atoms with Gasteiger partial charge < -0.3 is 5.32 Å². The highest BCUT2D eigenvalue weighted by molar-refractivity contribution is 7.99. The third-order valence-corrected chi connectivity index (χ3v) is 3.52. The molecule has 2 aromatic rings. The lowest BCUT2D eigenvalue weighted by atomic mass is 10.2. The van der Waals surface area contributed by atoms with Crippen LogP contribution >= 0.6 is 23.4 Å². The van der Waals surface area contributed by atoms with Gasteiger partial charge in [-0.3, -0.25) is 0 Å². The first-order valence-corrected chi connectivity index (χ1v) is 6.33. The van der Waals surface area contributed by atoms with Crippen molar-refractivity contribution in [1.82, 2.24) is 9.97 Å². The van der Waals surface area contributed by atoms with Crippen LogP contribution in [0, 0.1) is 6.92 Å². The van der Waals surface area contributed by atoms with Crippen molar-refractivity contribution in [1.29, 1.82) is 0 Å². The molecule has 3 nitrogen and oxygen atoms in total. The summed E-state index contributed by atoms with van der Waals surface area (Å²) in [5, 5.41) is 4.22. The van der Waals surface area contributed by atoms with Crippen LogP contribution in [0.4, 0.5) is 5.95 Å². The first-order valence-electron chi connectivity index (χ1n) is 5.14. The van der Waals surface area contributed by atoms with Gasteiger partial charge >= 0.3 is 0 Å². The van der Waals surface area contributed by atoms with Gasteiger partial charge in [0, 0.05) is 11.9 Å². The molecule has 1 aromatic carbocycles. The molecule has 5 heteroatoms. The van der Waals surface area contributed by atoms with E-state index in [1.165, 1.54) is 17.3 Å². The van der Waals surface area contributed by atoms with Gasteiger partial charge in [-0.1, -0.05) is 41.1 Å². The predicted octanol–water partition coefficient (Wildman–Crippen LogP) is 3.63. The minimum atomic E-state index is 0.565. The highest BCUT2D eigenvalue weighted by atomic mass is 35.5. The maximum absolute atomic E-state index is 6.07. The molecule has 88 valence electrons. The molecule has 1 N–H and O–H groups in total. The summed E-state index contributed by atoms with van der Waals surface area (Å²) < 4.78 is 0. The van der Waals surface area contributed by atoms with E-state index in [1.54, 1.807) is 13.2 Å². The minimum Gasteiger partial charge on any atom is -0.357 e. The molecule has 0 atom stereocenters. The molecular weight excluding hydrogens is 254 g/mol. The van der Waals surface area contributed by atoms with Crippen molar-refractivity contribution >= 4 is 29.3 Å². The Morgan fingerprint density at radius 1 is 1.35 bits per heavy atom. The van der Waals surface area contributed by atoms with Crippen LogP contribution in [0.15, 0.2) is 40.4 Å². The van der Waals surface area contributed by atoms with Crippen molar-refractivity contribution in [3.63, 3.8) is 0 Å². The first kappa shape index (κ1) is 12.2. The van der Waals surface area contributed by atoms with Gasteiger partial charge in [0.15, 0.2) is 0 Å². The number of hydrogen-bond acceptors (Lipinski definition) is 4. The zero-order chi connectivity index (χ0) is 12.3. The Kier molecular flexibility index (Phi) is 3.86. The van der Waals surface area contributed by atoms with Gasteiger partial charge in [-0.05, 0) is 19.1 Å². The van der Waals surface area contributed by atoms with Crippen molar-refractivity contribution < 1.29 is 0 Å². The Morgan fingerprint density at radius 3 is 2.88 bits per heavy atom. The number of nitrogens with one attached hydrogen (secondary N) is 1. The van der Waals surface area contributed by atoms with Crippen LogP contribution in [0.5, 0.6) is 0 Å². The quantitative estimate of drug-likeness (QED) is 0.860. The molecule has 2 rings (SSSR count). The Bertz CT molecular complexity index is 531. The van der Waals surface area contributed by atoms with Crippen LogP contribution < -0.4 is 5.32 Å². The molecular formula is C12H12ClN3S. The minimum absolute atomic E-state index is 0.565. The molecule has 0 saturated heterocycles. The van der Waals surface area contributed by atoms with Crippen molar-refractivity contribution in [3.05, 3.63) is 41.0 Å². The number of aromatic nitrogens is 2. The molecule has 1 aromatic heterocycles. The highest BCUT2D eigenvalue weighted by Crippen LogP contribution is 2.32. The van der Waals surface area contributed by atoms with Crippen LogP contribution in [0.3, 0.4) is 0 Å². The molecule has 0 saturated carbocycles.